The number of H-pyrrole nitrogens is 1. The first-order valence-corrected chi connectivity index (χ1v) is 6.14. The number of rotatable bonds is 6. The number of anilines is 1. The lowest BCUT2D eigenvalue weighted by Crippen LogP contribution is -2.32. The summed E-state index contributed by atoms with van der Waals surface area (Å²) in [4.78, 5) is 17.8. The Morgan fingerprint density at radius 2 is 2.33 bits per heavy atom. The van der Waals surface area contributed by atoms with Crippen LogP contribution in [0.1, 0.15) is 13.8 Å². The van der Waals surface area contributed by atoms with E-state index >= 15 is 0 Å². The highest BCUT2D eigenvalue weighted by atomic mass is 16.1. The van der Waals surface area contributed by atoms with Crippen molar-refractivity contribution < 1.29 is 0 Å². The molecule has 0 aromatic carbocycles. The van der Waals surface area contributed by atoms with Gasteiger partial charge in [-0.3, -0.25) is 0 Å². The van der Waals surface area contributed by atoms with Crippen LogP contribution in [0.3, 0.4) is 0 Å². The summed E-state index contributed by atoms with van der Waals surface area (Å²) in [5.41, 5.74) is 0.326. The van der Waals surface area contributed by atoms with E-state index in [2.05, 4.69) is 39.2 Å². The molecule has 0 spiro atoms. The molecular formula is C11H18N6O. The van der Waals surface area contributed by atoms with Gasteiger partial charge in [0.1, 0.15) is 12.1 Å². The van der Waals surface area contributed by atoms with E-state index in [0.29, 0.717) is 5.65 Å². The number of likely N-dealkylation sites (N-methyl/N-ethyl adjacent to an activating group) is 2. The molecule has 0 saturated heterocycles. The Hall–Kier alpha value is -1.89. The van der Waals surface area contributed by atoms with Crippen LogP contribution >= 0.6 is 0 Å². The lowest BCUT2D eigenvalue weighted by atomic mass is 10.4. The van der Waals surface area contributed by atoms with E-state index in [9.17, 15) is 4.79 Å². The molecule has 2 aromatic heterocycles. The van der Waals surface area contributed by atoms with Crippen LogP contribution in [0.25, 0.3) is 5.65 Å². The highest BCUT2D eigenvalue weighted by Crippen LogP contribution is 2.10. The molecule has 18 heavy (non-hydrogen) atoms. The van der Waals surface area contributed by atoms with Crippen molar-refractivity contribution in [2.24, 2.45) is 0 Å². The fraction of sp³-hybridized carbons (Fsp3) is 0.545. The average molecular weight is 250 g/mol. The van der Waals surface area contributed by atoms with Crippen LogP contribution in [-0.4, -0.2) is 45.8 Å². The number of fused-ring (bicyclic) bond motifs is 1. The highest BCUT2D eigenvalue weighted by molar-refractivity contribution is 5.50. The molecule has 7 nitrogen and oxygen atoms in total. The second-order valence-corrected chi connectivity index (χ2v) is 3.94. The van der Waals surface area contributed by atoms with Crippen molar-refractivity contribution in [1.82, 2.24) is 24.9 Å². The van der Waals surface area contributed by atoms with E-state index in [1.54, 1.807) is 0 Å². The van der Waals surface area contributed by atoms with Gasteiger partial charge in [-0.2, -0.15) is 5.10 Å². The first kappa shape index (κ1) is 12.6. The number of aromatic amines is 1. The fourth-order valence-electron chi connectivity index (χ4n) is 1.80. The number of nitrogens with zero attached hydrogens (tertiary/aromatic N) is 4. The van der Waals surface area contributed by atoms with Gasteiger partial charge >= 0.3 is 5.69 Å². The SMILES string of the molecule is CCNCCN(CC)c1cc2n[nH]c(=O)n2cn1. The van der Waals surface area contributed by atoms with E-state index in [4.69, 9.17) is 0 Å². The van der Waals surface area contributed by atoms with Gasteiger partial charge in [-0.1, -0.05) is 6.92 Å². The maximum Gasteiger partial charge on any atom is 0.348 e. The van der Waals surface area contributed by atoms with Gasteiger partial charge in [0.2, 0.25) is 0 Å². The molecule has 0 aliphatic rings. The van der Waals surface area contributed by atoms with Crippen molar-refractivity contribution in [3.05, 3.63) is 22.9 Å². The third-order valence-corrected chi connectivity index (χ3v) is 2.81. The van der Waals surface area contributed by atoms with Gasteiger partial charge in [0.05, 0.1) is 0 Å². The molecule has 0 radical (unpaired) electrons. The second-order valence-electron chi connectivity index (χ2n) is 3.94. The minimum atomic E-state index is -0.264. The van der Waals surface area contributed by atoms with Crippen LogP contribution in [0.2, 0.25) is 0 Å². The third kappa shape index (κ3) is 2.51. The van der Waals surface area contributed by atoms with Gasteiger partial charge in [0.25, 0.3) is 0 Å². The van der Waals surface area contributed by atoms with Gasteiger partial charge < -0.3 is 10.2 Å². The normalized spacial score (nSPS) is 11.0. The number of hydrogen-bond acceptors (Lipinski definition) is 5. The predicted octanol–water partition coefficient (Wildman–Crippen LogP) is -0.147. The highest BCUT2D eigenvalue weighted by Gasteiger charge is 2.08. The molecule has 0 aliphatic carbocycles. The van der Waals surface area contributed by atoms with Crippen molar-refractivity contribution in [2.75, 3.05) is 31.1 Å². The topological polar surface area (TPSA) is 78.3 Å². The van der Waals surface area contributed by atoms with Crippen molar-refractivity contribution in [3.8, 4) is 0 Å². The lowest BCUT2D eigenvalue weighted by molar-refractivity contribution is 0.683. The van der Waals surface area contributed by atoms with E-state index in [1.807, 2.05) is 6.07 Å². The Kier molecular flexibility index (Phi) is 3.93. The van der Waals surface area contributed by atoms with Gasteiger partial charge in [0.15, 0.2) is 5.65 Å². The van der Waals surface area contributed by atoms with Crippen LogP contribution in [0.5, 0.6) is 0 Å². The molecule has 0 bridgehead atoms. The van der Waals surface area contributed by atoms with Gasteiger partial charge in [0, 0.05) is 25.7 Å². The number of hydrogen-bond donors (Lipinski definition) is 2. The Morgan fingerprint density at radius 1 is 1.50 bits per heavy atom. The molecular weight excluding hydrogens is 232 g/mol. The maximum atomic E-state index is 11.3. The zero-order valence-corrected chi connectivity index (χ0v) is 10.7. The van der Waals surface area contributed by atoms with Crippen molar-refractivity contribution >= 4 is 11.5 Å². The molecule has 0 fully saturated rings. The quantitative estimate of drug-likeness (QED) is 0.697. The minimum Gasteiger partial charge on any atom is -0.355 e. The van der Waals surface area contributed by atoms with Gasteiger partial charge in [-0.05, 0) is 13.5 Å². The van der Waals surface area contributed by atoms with E-state index in [0.717, 1.165) is 32.0 Å². The zero-order valence-electron chi connectivity index (χ0n) is 10.7. The molecule has 2 aromatic rings. The molecule has 0 amide bonds. The molecule has 0 unspecified atom stereocenters. The largest absolute Gasteiger partial charge is 0.355 e. The Labute approximate surface area is 105 Å². The summed E-state index contributed by atoms with van der Waals surface area (Å²) < 4.78 is 1.39. The summed E-state index contributed by atoms with van der Waals surface area (Å²) in [5, 5.41) is 9.61. The fourth-order valence-corrected chi connectivity index (χ4v) is 1.80. The van der Waals surface area contributed by atoms with Crippen LogP contribution in [0, 0.1) is 0 Å². The molecule has 0 atom stereocenters. The summed E-state index contributed by atoms with van der Waals surface area (Å²) in [7, 11) is 0. The van der Waals surface area contributed by atoms with Gasteiger partial charge in [-0.15, -0.1) is 0 Å². The van der Waals surface area contributed by atoms with Gasteiger partial charge in [-0.25, -0.2) is 19.3 Å². The van der Waals surface area contributed by atoms with E-state index in [-0.39, 0.29) is 5.69 Å². The zero-order chi connectivity index (χ0) is 13.0. The molecule has 7 heteroatoms. The molecule has 0 aliphatic heterocycles. The number of aromatic nitrogens is 4. The maximum absolute atomic E-state index is 11.3. The van der Waals surface area contributed by atoms with E-state index in [1.165, 1.54) is 10.7 Å². The minimum absolute atomic E-state index is 0.264. The standard InChI is InChI=1S/C11H18N6O/c1-3-12-5-6-16(4-2)9-7-10-14-15-11(18)17(10)8-13-9/h7-8,12H,3-6H2,1-2H3,(H,15,18). The van der Waals surface area contributed by atoms with Crippen LogP contribution < -0.4 is 15.9 Å². The summed E-state index contributed by atoms with van der Waals surface area (Å²) in [6, 6.07) is 1.81. The molecule has 2 N–H and O–H groups in total. The monoisotopic (exact) mass is 250 g/mol. The molecule has 0 saturated carbocycles. The smallest absolute Gasteiger partial charge is 0.348 e. The Morgan fingerprint density at radius 3 is 3.06 bits per heavy atom. The molecule has 2 heterocycles. The Balaban J connectivity index is 2.19. The van der Waals surface area contributed by atoms with E-state index < -0.39 is 0 Å². The average Bonchev–Trinajstić information content (AvgIpc) is 2.76. The van der Waals surface area contributed by atoms with Crippen molar-refractivity contribution in [3.63, 3.8) is 0 Å². The predicted molar refractivity (Wildman–Crippen MR) is 70.0 cm³/mol. The number of nitrogens with one attached hydrogen (secondary N) is 2. The Bertz CT molecular complexity index is 560. The van der Waals surface area contributed by atoms with Crippen LogP contribution in [-0.2, 0) is 0 Å². The van der Waals surface area contributed by atoms with Crippen LogP contribution in [0.15, 0.2) is 17.2 Å². The third-order valence-electron chi connectivity index (χ3n) is 2.81. The van der Waals surface area contributed by atoms with Crippen molar-refractivity contribution in [1.29, 1.82) is 0 Å². The van der Waals surface area contributed by atoms with Crippen molar-refractivity contribution in [2.45, 2.75) is 13.8 Å². The summed E-state index contributed by atoms with van der Waals surface area (Å²) in [6.45, 7) is 7.76. The lowest BCUT2D eigenvalue weighted by Gasteiger charge is -2.21. The summed E-state index contributed by atoms with van der Waals surface area (Å²) in [6.07, 6.45) is 1.51. The second kappa shape index (κ2) is 5.63. The summed E-state index contributed by atoms with van der Waals surface area (Å²) >= 11 is 0. The van der Waals surface area contributed by atoms with Crippen LogP contribution in [0.4, 0.5) is 5.82 Å². The summed E-state index contributed by atoms with van der Waals surface area (Å²) in [5.74, 6) is 0.835. The first-order valence-electron chi connectivity index (χ1n) is 6.14. The first-order chi connectivity index (χ1) is 8.76. The molecule has 98 valence electrons. The molecule has 2 rings (SSSR count).